The maximum atomic E-state index is 12.9. The second-order valence-corrected chi connectivity index (χ2v) is 5.16. The van der Waals surface area contributed by atoms with E-state index in [1.54, 1.807) is 31.2 Å². The maximum Gasteiger partial charge on any atom is 0.297 e. The molecule has 3 rings (SSSR count). The third-order valence-corrected chi connectivity index (χ3v) is 3.77. The summed E-state index contributed by atoms with van der Waals surface area (Å²) in [4.78, 5) is 7.77. The van der Waals surface area contributed by atoms with Crippen molar-refractivity contribution < 1.29 is 8.78 Å². The third kappa shape index (κ3) is 2.51. The summed E-state index contributed by atoms with van der Waals surface area (Å²) in [5.41, 5.74) is 0.449. The van der Waals surface area contributed by atoms with Crippen LogP contribution in [0.1, 0.15) is 18.1 Å². The van der Waals surface area contributed by atoms with E-state index >= 15 is 0 Å². The van der Waals surface area contributed by atoms with Crippen LogP contribution in [0.25, 0.3) is 10.9 Å². The average Bonchev–Trinajstić information content (AvgIpc) is 2.79. The van der Waals surface area contributed by atoms with Crippen LogP contribution in [-0.4, -0.2) is 24.8 Å². The first kappa shape index (κ1) is 13.7. The van der Waals surface area contributed by atoms with Crippen LogP contribution in [0.15, 0.2) is 34.4 Å². The first-order valence-corrected chi connectivity index (χ1v) is 6.77. The third-order valence-electron chi connectivity index (χ3n) is 2.80. The van der Waals surface area contributed by atoms with Crippen LogP contribution < -0.4 is 5.84 Å². The quantitative estimate of drug-likeness (QED) is 0.590. The number of hydrogen-bond acceptors (Lipinski definition) is 6. The van der Waals surface area contributed by atoms with Gasteiger partial charge in [-0.05, 0) is 24.8 Å². The second kappa shape index (κ2) is 5.24. The molecule has 1 aromatic carbocycles. The summed E-state index contributed by atoms with van der Waals surface area (Å²) in [6, 6.07) is 6.94. The van der Waals surface area contributed by atoms with Gasteiger partial charge in [-0.3, -0.25) is 0 Å². The molecule has 2 aromatic heterocycles. The lowest BCUT2D eigenvalue weighted by Crippen LogP contribution is -2.11. The number of benzene rings is 1. The lowest BCUT2D eigenvalue weighted by Gasteiger charge is -2.07. The molecule has 3 aromatic rings. The average molecular weight is 308 g/mol. The molecule has 108 valence electrons. The molecule has 9 heteroatoms. The molecule has 0 fully saturated rings. The summed E-state index contributed by atoms with van der Waals surface area (Å²) in [5, 5.41) is 9.12. The predicted molar refractivity (Wildman–Crippen MR) is 73.5 cm³/mol. The van der Waals surface area contributed by atoms with Crippen LogP contribution in [0.3, 0.4) is 0 Å². The zero-order valence-corrected chi connectivity index (χ0v) is 11.7. The summed E-state index contributed by atoms with van der Waals surface area (Å²) < 4.78 is 27.1. The minimum Gasteiger partial charge on any atom is -0.336 e. The smallest absolute Gasteiger partial charge is 0.297 e. The normalized spacial score (nSPS) is 11.4. The Morgan fingerprint density at radius 3 is 2.62 bits per heavy atom. The van der Waals surface area contributed by atoms with E-state index in [2.05, 4.69) is 20.2 Å². The van der Waals surface area contributed by atoms with Gasteiger partial charge in [-0.1, -0.05) is 18.2 Å². The van der Waals surface area contributed by atoms with E-state index in [9.17, 15) is 8.78 Å². The van der Waals surface area contributed by atoms with Gasteiger partial charge in [-0.25, -0.2) is 23.4 Å². The molecular weight excluding hydrogens is 298 g/mol. The molecule has 0 unspecified atom stereocenters. The number of fused-ring (bicyclic) bond motifs is 1. The molecule has 0 saturated heterocycles. The number of nitrogens with two attached hydrogens (primary N) is 1. The van der Waals surface area contributed by atoms with Crippen molar-refractivity contribution >= 4 is 22.7 Å². The molecular formula is C12H10F2N6S. The lowest BCUT2D eigenvalue weighted by atomic mass is 10.2. The van der Waals surface area contributed by atoms with Crippen molar-refractivity contribution in [2.45, 2.75) is 23.5 Å². The van der Waals surface area contributed by atoms with Gasteiger partial charge < -0.3 is 5.84 Å². The molecule has 2 heterocycles. The Hall–Kier alpha value is -2.29. The van der Waals surface area contributed by atoms with E-state index < -0.39 is 12.2 Å². The number of nitrogens with zero attached hydrogens (tertiary/aromatic N) is 5. The van der Waals surface area contributed by atoms with Gasteiger partial charge >= 0.3 is 0 Å². The second-order valence-electron chi connectivity index (χ2n) is 4.21. The molecule has 0 aliphatic carbocycles. The zero-order valence-electron chi connectivity index (χ0n) is 10.9. The molecule has 0 aliphatic rings. The number of aryl methyl sites for hydroxylation is 1. The fraction of sp³-hybridized carbons (Fsp3) is 0.167. The molecule has 0 atom stereocenters. The summed E-state index contributed by atoms with van der Waals surface area (Å²) in [7, 11) is 0. The number of para-hydroxylation sites is 1. The number of halogens is 2. The summed E-state index contributed by atoms with van der Waals surface area (Å²) in [6.07, 6.45) is -2.74. The van der Waals surface area contributed by atoms with E-state index in [4.69, 9.17) is 5.84 Å². The summed E-state index contributed by atoms with van der Waals surface area (Å²) in [5.74, 6) is 5.77. The Morgan fingerprint density at radius 2 is 1.95 bits per heavy atom. The van der Waals surface area contributed by atoms with Crippen molar-refractivity contribution in [2.75, 3.05) is 5.84 Å². The molecule has 0 aliphatic heterocycles. The van der Waals surface area contributed by atoms with Crippen molar-refractivity contribution in [3.63, 3.8) is 0 Å². The van der Waals surface area contributed by atoms with Gasteiger partial charge in [0.05, 0.1) is 5.52 Å². The molecule has 0 bridgehead atoms. The Kier molecular flexibility index (Phi) is 3.42. The number of aromatic nitrogens is 5. The van der Waals surface area contributed by atoms with Gasteiger partial charge in [-0.2, -0.15) is 0 Å². The summed E-state index contributed by atoms with van der Waals surface area (Å²) >= 11 is 1.08. The minimum atomic E-state index is -2.74. The van der Waals surface area contributed by atoms with Crippen LogP contribution in [-0.2, 0) is 0 Å². The lowest BCUT2D eigenvalue weighted by molar-refractivity contribution is 0.140. The number of nitrogen functional groups attached to an aromatic ring is 1. The van der Waals surface area contributed by atoms with Gasteiger partial charge in [0.15, 0.2) is 5.82 Å². The first-order chi connectivity index (χ1) is 10.1. The topological polar surface area (TPSA) is 82.5 Å². The number of hydrogen-bond donors (Lipinski definition) is 1. The predicted octanol–water partition coefficient (Wildman–Crippen LogP) is 2.33. The number of rotatable bonds is 3. The first-order valence-electron chi connectivity index (χ1n) is 5.96. The Morgan fingerprint density at radius 1 is 1.19 bits per heavy atom. The minimum absolute atomic E-state index is 0.370. The molecule has 0 radical (unpaired) electrons. The van der Waals surface area contributed by atoms with Gasteiger partial charge in [0, 0.05) is 5.39 Å². The molecule has 0 amide bonds. The maximum absolute atomic E-state index is 12.9. The van der Waals surface area contributed by atoms with Crippen LogP contribution >= 0.6 is 11.8 Å². The Bertz CT molecular complexity index is 804. The van der Waals surface area contributed by atoms with Crippen molar-refractivity contribution in [3.05, 3.63) is 35.9 Å². The largest absolute Gasteiger partial charge is 0.336 e. The Labute approximate surface area is 122 Å². The number of alkyl halides is 2. The molecule has 0 spiro atoms. The van der Waals surface area contributed by atoms with E-state index in [1.807, 2.05) is 0 Å². The standard InChI is InChI=1S/C12H10F2N6S/c1-6-18-19-12(20(6)15)21-11-7-4-2-3-5-8(7)16-10(17-11)9(13)14/h2-5,9H,15H2,1H3. The van der Waals surface area contributed by atoms with Crippen LogP contribution in [0.2, 0.25) is 0 Å². The highest BCUT2D eigenvalue weighted by Crippen LogP contribution is 2.31. The van der Waals surface area contributed by atoms with E-state index in [-0.39, 0.29) is 0 Å². The van der Waals surface area contributed by atoms with Gasteiger partial charge in [0.1, 0.15) is 10.9 Å². The zero-order chi connectivity index (χ0) is 15.0. The Balaban J connectivity index is 2.14. The van der Waals surface area contributed by atoms with Crippen molar-refractivity contribution in [1.82, 2.24) is 24.8 Å². The van der Waals surface area contributed by atoms with E-state index in [0.29, 0.717) is 26.9 Å². The summed E-state index contributed by atoms with van der Waals surface area (Å²) in [6.45, 7) is 1.69. The van der Waals surface area contributed by atoms with Gasteiger partial charge in [0.25, 0.3) is 6.43 Å². The monoisotopic (exact) mass is 308 g/mol. The molecule has 0 saturated carbocycles. The SMILES string of the molecule is Cc1nnc(Sc2nc(C(F)F)nc3ccccc23)n1N. The van der Waals surface area contributed by atoms with Gasteiger partial charge in [0.2, 0.25) is 5.16 Å². The fourth-order valence-corrected chi connectivity index (χ4v) is 2.65. The van der Waals surface area contributed by atoms with E-state index in [1.165, 1.54) is 4.68 Å². The highest BCUT2D eigenvalue weighted by atomic mass is 32.2. The molecule has 2 N–H and O–H groups in total. The molecule has 21 heavy (non-hydrogen) atoms. The van der Waals surface area contributed by atoms with Gasteiger partial charge in [-0.15, -0.1) is 10.2 Å². The van der Waals surface area contributed by atoms with Crippen LogP contribution in [0.5, 0.6) is 0 Å². The highest BCUT2D eigenvalue weighted by Gasteiger charge is 2.17. The van der Waals surface area contributed by atoms with E-state index in [0.717, 1.165) is 11.8 Å². The van der Waals surface area contributed by atoms with Crippen LogP contribution in [0, 0.1) is 6.92 Å². The van der Waals surface area contributed by atoms with Crippen molar-refractivity contribution in [2.24, 2.45) is 0 Å². The van der Waals surface area contributed by atoms with Crippen molar-refractivity contribution in [3.8, 4) is 0 Å². The molecule has 6 nitrogen and oxygen atoms in total. The fourth-order valence-electron chi connectivity index (χ4n) is 1.75. The van der Waals surface area contributed by atoms with Crippen LogP contribution in [0.4, 0.5) is 8.78 Å². The highest BCUT2D eigenvalue weighted by molar-refractivity contribution is 7.99. The van der Waals surface area contributed by atoms with Crippen molar-refractivity contribution in [1.29, 1.82) is 0 Å².